The second-order valence-corrected chi connectivity index (χ2v) is 5.82. The summed E-state index contributed by atoms with van der Waals surface area (Å²) in [6.07, 6.45) is 1.94. The van der Waals surface area contributed by atoms with Crippen molar-refractivity contribution < 1.29 is 14.7 Å². The van der Waals surface area contributed by atoms with Crippen LogP contribution in [0.1, 0.15) is 31.0 Å². The van der Waals surface area contributed by atoms with Crippen LogP contribution < -0.4 is 10.6 Å². The second-order valence-electron chi connectivity index (χ2n) is 5.41. The number of carboxylic acids is 1. The number of aromatic nitrogens is 4. The topological polar surface area (TPSA) is 122 Å². The van der Waals surface area contributed by atoms with E-state index in [9.17, 15) is 9.59 Å². The molecular weight excluding hydrogens is 336 g/mol. The quantitative estimate of drug-likeness (QED) is 0.730. The fourth-order valence-electron chi connectivity index (χ4n) is 2.17. The first-order chi connectivity index (χ1) is 11.5. The molecule has 3 rings (SSSR count). The van der Waals surface area contributed by atoms with Crippen LogP contribution in [-0.2, 0) is 4.79 Å². The molecule has 0 aliphatic heterocycles. The van der Waals surface area contributed by atoms with Crippen molar-refractivity contribution in [2.24, 2.45) is 0 Å². The van der Waals surface area contributed by atoms with Gasteiger partial charge in [0.1, 0.15) is 0 Å². The van der Waals surface area contributed by atoms with Crippen molar-refractivity contribution in [1.29, 1.82) is 0 Å². The van der Waals surface area contributed by atoms with Gasteiger partial charge in [0.05, 0.1) is 17.1 Å². The number of hydrogen-bond donors (Lipinski definition) is 3. The number of carboxylic acid groups (broad SMARTS) is 1. The molecule has 24 heavy (non-hydrogen) atoms. The molecule has 3 N–H and O–H groups in total. The number of anilines is 1. The van der Waals surface area contributed by atoms with Crippen LogP contribution in [0, 0.1) is 0 Å². The van der Waals surface area contributed by atoms with Crippen LogP contribution in [0.2, 0.25) is 5.02 Å². The number of amides is 2. The predicted molar refractivity (Wildman–Crippen MR) is 85.4 cm³/mol. The van der Waals surface area contributed by atoms with Gasteiger partial charge in [-0.15, -0.1) is 5.10 Å². The largest absolute Gasteiger partial charge is 0.481 e. The Balaban J connectivity index is 1.73. The minimum Gasteiger partial charge on any atom is -0.481 e. The average Bonchev–Trinajstić information content (AvgIpc) is 3.26. The van der Waals surface area contributed by atoms with E-state index in [0.717, 1.165) is 18.7 Å². The highest BCUT2D eigenvalue weighted by atomic mass is 35.5. The lowest BCUT2D eigenvalue weighted by Crippen LogP contribution is -2.30. The highest BCUT2D eigenvalue weighted by molar-refractivity contribution is 6.32. The molecule has 0 unspecified atom stereocenters. The zero-order chi connectivity index (χ0) is 17.1. The molecule has 1 aliphatic rings. The molecule has 126 valence electrons. The predicted octanol–water partition coefficient (Wildman–Crippen LogP) is 1.79. The van der Waals surface area contributed by atoms with Crippen LogP contribution in [-0.4, -0.2) is 43.9 Å². The molecule has 0 radical (unpaired) electrons. The van der Waals surface area contributed by atoms with Gasteiger partial charge in [0, 0.05) is 18.2 Å². The number of tetrazole rings is 1. The van der Waals surface area contributed by atoms with Gasteiger partial charge in [-0.2, -0.15) is 4.68 Å². The van der Waals surface area contributed by atoms with E-state index in [1.807, 2.05) is 0 Å². The summed E-state index contributed by atoms with van der Waals surface area (Å²) < 4.78 is 1.58. The molecule has 0 spiro atoms. The lowest BCUT2D eigenvalue weighted by Gasteiger charge is -2.10. The SMILES string of the molecule is O=C(O)CCNC(=O)Nc1ccc(Cl)c(-n2nnnc2C2CC2)c1. The summed E-state index contributed by atoms with van der Waals surface area (Å²) in [6.45, 7) is 0.0421. The van der Waals surface area contributed by atoms with Crippen molar-refractivity contribution in [3.63, 3.8) is 0 Å². The molecule has 1 aromatic heterocycles. The van der Waals surface area contributed by atoms with Gasteiger partial charge in [0.25, 0.3) is 0 Å². The summed E-state index contributed by atoms with van der Waals surface area (Å²) in [5, 5.41) is 25.8. The minimum absolute atomic E-state index is 0.0421. The Kier molecular flexibility index (Phi) is 4.61. The molecular formula is C14H15ClN6O3. The van der Waals surface area contributed by atoms with E-state index in [2.05, 4.69) is 26.2 Å². The van der Waals surface area contributed by atoms with Crippen molar-refractivity contribution in [1.82, 2.24) is 25.5 Å². The molecule has 1 aromatic carbocycles. The maximum absolute atomic E-state index is 11.8. The Labute approximate surface area is 142 Å². The van der Waals surface area contributed by atoms with E-state index in [1.54, 1.807) is 22.9 Å². The fourth-order valence-corrected chi connectivity index (χ4v) is 2.37. The molecule has 1 saturated carbocycles. The van der Waals surface area contributed by atoms with Crippen molar-refractivity contribution in [2.45, 2.75) is 25.2 Å². The van der Waals surface area contributed by atoms with Crippen LogP contribution in [0.5, 0.6) is 0 Å². The van der Waals surface area contributed by atoms with Crippen molar-refractivity contribution in [3.8, 4) is 5.69 Å². The van der Waals surface area contributed by atoms with Crippen molar-refractivity contribution in [3.05, 3.63) is 29.0 Å². The van der Waals surface area contributed by atoms with Gasteiger partial charge in [-0.1, -0.05) is 11.6 Å². The molecule has 1 heterocycles. The van der Waals surface area contributed by atoms with Crippen LogP contribution in [0.25, 0.3) is 5.69 Å². The third kappa shape index (κ3) is 3.80. The van der Waals surface area contributed by atoms with E-state index < -0.39 is 12.0 Å². The zero-order valence-electron chi connectivity index (χ0n) is 12.6. The molecule has 9 nitrogen and oxygen atoms in total. The van der Waals surface area contributed by atoms with Crippen LogP contribution in [0.3, 0.4) is 0 Å². The molecule has 1 aliphatic carbocycles. The lowest BCUT2D eigenvalue weighted by molar-refractivity contribution is -0.136. The Morgan fingerprint density at radius 3 is 2.88 bits per heavy atom. The summed E-state index contributed by atoms with van der Waals surface area (Å²) in [7, 11) is 0. The maximum atomic E-state index is 11.8. The summed E-state index contributed by atoms with van der Waals surface area (Å²) in [5.41, 5.74) is 1.08. The van der Waals surface area contributed by atoms with E-state index in [4.69, 9.17) is 16.7 Å². The number of hydrogen-bond acceptors (Lipinski definition) is 5. The fraction of sp³-hybridized carbons (Fsp3) is 0.357. The Morgan fingerprint density at radius 2 is 2.17 bits per heavy atom. The highest BCUT2D eigenvalue weighted by Gasteiger charge is 2.30. The smallest absolute Gasteiger partial charge is 0.319 e. The van der Waals surface area contributed by atoms with E-state index >= 15 is 0 Å². The number of urea groups is 1. The van der Waals surface area contributed by atoms with Crippen LogP contribution in [0.4, 0.5) is 10.5 Å². The third-order valence-electron chi connectivity index (χ3n) is 3.49. The van der Waals surface area contributed by atoms with Crippen LogP contribution in [0.15, 0.2) is 18.2 Å². The standard InChI is InChI=1S/C14H15ClN6O3/c15-10-4-3-9(17-14(24)16-6-5-12(22)23)7-11(10)21-13(8-1-2-8)18-19-20-21/h3-4,7-8H,1-2,5-6H2,(H,22,23)(H2,16,17,24). The molecule has 0 atom stereocenters. The summed E-state index contributed by atoms with van der Waals surface area (Å²) in [4.78, 5) is 22.2. The molecule has 1 fully saturated rings. The number of rotatable bonds is 6. The molecule has 2 aromatic rings. The molecule has 0 bridgehead atoms. The highest BCUT2D eigenvalue weighted by Crippen LogP contribution is 2.39. The number of nitrogens with one attached hydrogen (secondary N) is 2. The third-order valence-corrected chi connectivity index (χ3v) is 3.81. The molecule has 10 heteroatoms. The first-order valence-corrected chi connectivity index (χ1v) is 7.77. The lowest BCUT2D eigenvalue weighted by atomic mass is 10.2. The second kappa shape index (κ2) is 6.83. The minimum atomic E-state index is -0.977. The van der Waals surface area contributed by atoms with Gasteiger partial charge < -0.3 is 15.7 Å². The first kappa shape index (κ1) is 16.2. The van der Waals surface area contributed by atoms with Gasteiger partial charge in [-0.25, -0.2) is 4.79 Å². The molecule has 0 saturated heterocycles. The summed E-state index contributed by atoms with van der Waals surface area (Å²) in [6, 6.07) is 4.45. The number of carbonyl (C=O) groups excluding carboxylic acids is 1. The molecule has 2 amide bonds. The van der Waals surface area contributed by atoms with E-state index in [0.29, 0.717) is 22.3 Å². The number of carbonyl (C=O) groups is 2. The van der Waals surface area contributed by atoms with Gasteiger partial charge >= 0.3 is 12.0 Å². The van der Waals surface area contributed by atoms with E-state index in [1.165, 1.54) is 0 Å². The average molecular weight is 351 g/mol. The summed E-state index contributed by atoms with van der Waals surface area (Å²) >= 11 is 6.23. The van der Waals surface area contributed by atoms with Crippen LogP contribution >= 0.6 is 11.6 Å². The number of benzene rings is 1. The van der Waals surface area contributed by atoms with Gasteiger partial charge in [-0.3, -0.25) is 4.79 Å². The Morgan fingerprint density at radius 1 is 1.38 bits per heavy atom. The maximum Gasteiger partial charge on any atom is 0.319 e. The number of halogens is 1. The van der Waals surface area contributed by atoms with Gasteiger partial charge in [0.15, 0.2) is 5.82 Å². The van der Waals surface area contributed by atoms with Gasteiger partial charge in [-0.05, 0) is 41.5 Å². The van der Waals surface area contributed by atoms with E-state index in [-0.39, 0.29) is 13.0 Å². The number of aliphatic carboxylic acids is 1. The Bertz CT molecular complexity index is 774. The van der Waals surface area contributed by atoms with Gasteiger partial charge in [0.2, 0.25) is 0 Å². The van der Waals surface area contributed by atoms with Crippen molar-refractivity contribution >= 4 is 29.3 Å². The monoisotopic (exact) mass is 350 g/mol. The number of nitrogens with zero attached hydrogens (tertiary/aromatic N) is 4. The van der Waals surface area contributed by atoms with Crippen molar-refractivity contribution in [2.75, 3.05) is 11.9 Å². The normalized spacial score (nSPS) is 13.5. The zero-order valence-corrected chi connectivity index (χ0v) is 13.3. The Hall–Kier alpha value is -2.68. The summed E-state index contributed by atoms with van der Waals surface area (Å²) in [5.74, 6) is 0.113. The first-order valence-electron chi connectivity index (χ1n) is 7.39.